The molecule has 1 aromatic rings. The third-order valence-corrected chi connectivity index (χ3v) is 3.20. The van der Waals surface area contributed by atoms with Crippen molar-refractivity contribution in [1.29, 1.82) is 0 Å². The predicted molar refractivity (Wildman–Crippen MR) is 65.0 cm³/mol. The van der Waals surface area contributed by atoms with E-state index in [1.165, 1.54) is 7.11 Å². The van der Waals surface area contributed by atoms with Crippen LogP contribution < -0.4 is 0 Å². The van der Waals surface area contributed by atoms with Crippen LogP contribution in [0.25, 0.3) is 0 Å². The molecule has 0 fully saturated rings. The zero-order valence-corrected chi connectivity index (χ0v) is 10.9. The zero-order valence-electron chi connectivity index (χ0n) is 7.90. The summed E-state index contributed by atoms with van der Waals surface area (Å²) in [5.74, 6) is -0.339. The molecule has 0 spiro atoms. The first-order chi connectivity index (χ1) is 7.04. The van der Waals surface area contributed by atoms with E-state index < -0.39 is 17.0 Å². The summed E-state index contributed by atoms with van der Waals surface area (Å²) in [6, 6.07) is 4.93. The van der Waals surface area contributed by atoms with E-state index in [-0.39, 0.29) is 5.75 Å². The molecule has 0 radical (unpaired) electrons. The SMILES string of the molecule is COC(=O)c1ccc(CS(=O)O)cc1I. The molecule has 0 heterocycles. The van der Waals surface area contributed by atoms with E-state index >= 15 is 0 Å². The Labute approximate surface area is 103 Å². The van der Waals surface area contributed by atoms with Gasteiger partial charge in [-0.15, -0.1) is 0 Å². The van der Waals surface area contributed by atoms with Gasteiger partial charge in [0.15, 0.2) is 11.1 Å². The lowest BCUT2D eigenvalue weighted by atomic mass is 10.1. The summed E-state index contributed by atoms with van der Waals surface area (Å²) in [4.78, 5) is 11.2. The topological polar surface area (TPSA) is 63.6 Å². The van der Waals surface area contributed by atoms with Crippen LogP contribution >= 0.6 is 22.6 Å². The highest BCUT2D eigenvalue weighted by molar-refractivity contribution is 14.1. The lowest BCUT2D eigenvalue weighted by molar-refractivity contribution is 0.0599. The number of halogens is 1. The van der Waals surface area contributed by atoms with Gasteiger partial charge in [0.2, 0.25) is 0 Å². The van der Waals surface area contributed by atoms with Crippen molar-refractivity contribution in [3.05, 3.63) is 32.9 Å². The normalized spacial score (nSPS) is 12.2. The smallest absolute Gasteiger partial charge is 0.338 e. The monoisotopic (exact) mass is 340 g/mol. The minimum Gasteiger partial charge on any atom is -0.465 e. The van der Waals surface area contributed by atoms with Gasteiger partial charge in [-0.2, -0.15) is 0 Å². The van der Waals surface area contributed by atoms with Gasteiger partial charge in [-0.05, 0) is 40.3 Å². The number of carbonyl (C=O) groups excluding carboxylic acids is 1. The highest BCUT2D eigenvalue weighted by atomic mass is 127. The fourth-order valence-electron chi connectivity index (χ4n) is 1.07. The molecule has 0 bridgehead atoms. The van der Waals surface area contributed by atoms with Crippen LogP contribution in [-0.2, 0) is 21.6 Å². The average Bonchev–Trinajstić information content (AvgIpc) is 2.16. The van der Waals surface area contributed by atoms with Crippen LogP contribution in [0.15, 0.2) is 18.2 Å². The Morgan fingerprint density at radius 1 is 1.60 bits per heavy atom. The summed E-state index contributed by atoms with van der Waals surface area (Å²) in [5, 5.41) is 0. The minimum absolute atomic E-state index is 0.0669. The number of esters is 1. The predicted octanol–water partition coefficient (Wildman–Crippen LogP) is 1.80. The van der Waals surface area contributed by atoms with E-state index in [0.717, 1.165) is 0 Å². The van der Waals surface area contributed by atoms with Crippen LogP contribution in [0.4, 0.5) is 0 Å². The number of ether oxygens (including phenoxy) is 1. The number of methoxy groups -OCH3 is 1. The van der Waals surface area contributed by atoms with Gasteiger partial charge in [0.1, 0.15) is 0 Å². The molecule has 82 valence electrons. The fraction of sp³-hybridized carbons (Fsp3) is 0.222. The van der Waals surface area contributed by atoms with E-state index in [4.69, 9.17) is 4.55 Å². The summed E-state index contributed by atoms with van der Waals surface area (Å²) < 4.78 is 24.6. The van der Waals surface area contributed by atoms with Crippen LogP contribution in [-0.4, -0.2) is 21.8 Å². The van der Waals surface area contributed by atoms with Crippen molar-refractivity contribution in [3.63, 3.8) is 0 Å². The average molecular weight is 340 g/mol. The molecule has 0 aliphatic heterocycles. The first kappa shape index (κ1) is 12.6. The molecule has 0 amide bonds. The highest BCUT2D eigenvalue weighted by Gasteiger charge is 2.10. The van der Waals surface area contributed by atoms with Crippen LogP contribution in [0.3, 0.4) is 0 Å². The quantitative estimate of drug-likeness (QED) is 0.518. The lowest BCUT2D eigenvalue weighted by Gasteiger charge is -2.04. The second-order valence-electron chi connectivity index (χ2n) is 2.77. The van der Waals surface area contributed by atoms with Crippen molar-refractivity contribution in [2.75, 3.05) is 7.11 Å². The van der Waals surface area contributed by atoms with E-state index in [1.54, 1.807) is 18.2 Å². The molecule has 1 aromatic carbocycles. The standard InChI is InChI=1S/C9H9IO4S/c1-14-9(11)7-3-2-6(4-8(7)10)5-15(12)13/h2-4H,5H2,1H3,(H,12,13). The van der Waals surface area contributed by atoms with Crippen molar-refractivity contribution in [2.45, 2.75) is 5.75 Å². The molecule has 1 atom stereocenters. The molecule has 0 saturated heterocycles. The van der Waals surface area contributed by atoms with E-state index in [1.807, 2.05) is 22.6 Å². The molecule has 6 heteroatoms. The Kier molecular flexibility index (Phi) is 4.68. The summed E-state index contributed by atoms with van der Waals surface area (Å²) in [6.45, 7) is 0. The third kappa shape index (κ3) is 3.54. The second-order valence-corrected chi connectivity index (χ2v) is 4.87. The molecule has 0 aliphatic carbocycles. The van der Waals surface area contributed by atoms with Crippen LogP contribution in [0.2, 0.25) is 0 Å². The van der Waals surface area contributed by atoms with Crippen LogP contribution in [0, 0.1) is 3.57 Å². The van der Waals surface area contributed by atoms with Gasteiger partial charge < -0.3 is 9.29 Å². The Morgan fingerprint density at radius 3 is 2.73 bits per heavy atom. The largest absolute Gasteiger partial charge is 0.465 e. The molecule has 1 rings (SSSR count). The maximum Gasteiger partial charge on any atom is 0.338 e. The third-order valence-electron chi connectivity index (χ3n) is 1.73. The number of rotatable bonds is 3. The molecule has 0 aliphatic rings. The zero-order chi connectivity index (χ0) is 11.4. The molecule has 0 saturated carbocycles. The first-order valence-corrected chi connectivity index (χ1v) is 6.34. The summed E-state index contributed by atoms with van der Waals surface area (Å²) in [6.07, 6.45) is 0. The lowest BCUT2D eigenvalue weighted by Crippen LogP contribution is -2.04. The van der Waals surface area contributed by atoms with Gasteiger partial charge in [-0.1, -0.05) is 6.07 Å². The minimum atomic E-state index is -1.86. The van der Waals surface area contributed by atoms with Crippen molar-refractivity contribution in [1.82, 2.24) is 0 Å². The van der Waals surface area contributed by atoms with Crippen molar-refractivity contribution < 1.29 is 18.3 Å². The van der Waals surface area contributed by atoms with E-state index in [2.05, 4.69) is 4.74 Å². The van der Waals surface area contributed by atoms with Gasteiger partial charge in [0.05, 0.1) is 18.4 Å². The van der Waals surface area contributed by atoms with Crippen LogP contribution in [0.5, 0.6) is 0 Å². The molecule has 0 aromatic heterocycles. The maximum atomic E-state index is 11.2. The summed E-state index contributed by atoms with van der Waals surface area (Å²) in [7, 11) is 1.31. The Hall–Kier alpha value is -0.470. The Bertz CT molecular complexity index is 405. The van der Waals surface area contributed by atoms with E-state index in [9.17, 15) is 9.00 Å². The number of hydrogen-bond donors (Lipinski definition) is 1. The molecule has 4 nitrogen and oxygen atoms in total. The number of carbonyl (C=O) groups is 1. The molecule has 15 heavy (non-hydrogen) atoms. The molecular weight excluding hydrogens is 331 g/mol. The summed E-state index contributed by atoms with van der Waals surface area (Å²) in [5.41, 5.74) is 1.18. The van der Waals surface area contributed by atoms with Gasteiger partial charge >= 0.3 is 5.97 Å². The van der Waals surface area contributed by atoms with Crippen molar-refractivity contribution >= 4 is 39.6 Å². The van der Waals surface area contributed by atoms with Gasteiger partial charge in [0, 0.05) is 3.57 Å². The highest BCUT2D eigenvalue weighted by Crippen LogP contribution is 2.16. The fourth-order valence-corrected chi connectivity index (χ4v) is 2.33. The maximum absolute atomic E-state index is 11.2. The summed E-state index contributed by atoms with van der Waals surface area (Å²) >= 11 is 0.126. The van der Waals surface area contributed by atoms with Crippen molar-refractivity contribution in [3.8, 4) is 0 Å². The van der Waals surface area contributed by atoms with Crippen LogP contribution in [0.1, 0.15) is 15.9 Å². The van der Waals surface area contributed by atoms with E-state index in [0.29, 0.717) is 14.7 Å². The molecule has 1 unspecified atom stereocenters. The van der Waals surface area contributed by atoms with Gasteiger partial charge in [-0.3, -0.25) is 0 Å². The first-order valence-electron chi connectivity index (χ1n) is 3.98. The Morgan fingerprint density at radius 2 is 2.27 bits per heavy atom. The molecular formula is C9H9IO4S. The number of benzene rings is 1. The van der Waals surface area contributed by atoms with Crippen molar-refractivity contribution in [2.24, 2.45) is 0 Å². The molecule has 1 N–H and O–H groups in total. The second kappa shape index (κ2) is 5.57. The Balaban J connectivity index is 2.97. The number of hydrogen-bond acceptors (Lipinski definition) is 3. The van der Waals surface area contributed by atoms with Gasteiger partial charge in [0.25, 0.3) is 0 Å². The van der Waals surface area contributed by atoms with Gasteiger partial charge in [-0.25, -0.2) is 9.00 Å².